The maximum Gasteiger partial charge on any atom is 0.146 e. The van der Waals surface area contributed by atoms with E-state index in [0.717, 1.165) is 11.1 Å². The second kappa shape index (κ2) is 5.26. The van der Waals surface area contributed by atoms with Gasteiger partial charge in [-0.1, -0.05) is 29.3 Å². The summed E-state index contributed by atoms with van der Waals surface area (Å²) in [7, 11) is 1.55. The highest BCUT2D eigenvalue weighted by atomic mass is 35.5. The van der Waals surface area contributed by atoms with Gasteiger partial charge in [0.2, 0.25) is 0 Å². The third-order valence-electron chi connectivity index (χ3n) is 2.44. The Hall–Kier alpha value is -1.76. The van der Waals surface area contributed by atoms with E-state index in [4.69, 9.17) is 33.2 Å². The highest BCUT2D eigenvalue weighted by Crippen LogP contribution is 2.30. The maximum absolute atomic E-state index is 8.91. The van der Waals surface area contributed by atoms with Crippen molar-refractivity contribution in [3.05, 3.63) is 46.2 Å². The molecule has 0 atom stereocenters. The van der Waals surface area contributed by atoms with Crippen molar-refractivity contribution in [1.29, 1.82) is 5.26 Å². The van der Waals surface area contributed by atoms with E-state index in [1.54, 1.807) is 31.5 Å². The maximum atomic E-state index is 8.91. The SMILES string of the molecule is COc1ccc(-c2cnc(Cl)c(C#N)c2)cc1Cl. The van der Waals surface area contributed by atoms with E-state index in [0.29, 0.717) is 16.3 Å². The van der Waals surface area contributed by atoms with Crippen LogP contribution in [-0.4, -0.2) is 12.1 Å². The van der Waals surface area contributed by atoms with Crippen molar-refractivity contribution in [2.24, 2.45) is 0 Å². The first-order chi connectivity index (χ1) is 8.65. The summed E-state index contributed by atoms with van der Waals surface area (Å²) in [5, 5.41) is 9.60. The molecule has 0 fully saturated rings. The fourth-order valence-electron chi connectivity index (χ4n) is 1.53. The van der Waals surface area contributed by atoms with Crippen molar-refractivity contribution >= 4 is 23.2 Å². The molecule has 0 unspecified atom stereocenters. The number of nitriles is 1. The van der Waals surface area contributed by atoms with Crippen LogP contribution in [0.3, 0.4) is 0 Å². The summed E-state index contributed by atoms with van der Waals surface area (Å²) in [6.07, 6.45) is 1.60. The smallest absolute Gasteiger partial charge is 0.146 e. The van der Waals surface area contributed by atoms with Crippen LogP contribution in [0.25, 0.3) is 11.1 Å². The fraction of sp³-hybridized carbons (Fsp3) is 0.0769. The molecule has 0 saturated heterocycles. The van der Waals surface area contributed by atoms with E-state index in [-0.39, 0.29) is 5.15 Å². The van der Waals surface area contributed by atoms with Crippen LogP contribution in [0.15, 0.2) is 30.5 Å². The van der Waals surface area contributed by atoms with Gasteiger partial charge in [-0.05, 0) is 23.8 Å². The average molecular weight is 279 g/mol. The van der Waals surface area contributed by atoms with Crippen LogP contribution in [0.4, 0.5) is 0 Å². The predicted octanol–water partition coefficient (Wildman–Crippen LogP) is 3.94. The molecule has 5 heteroatoms. The number of hydrogen-bond donors (Lipinski definition) is 0. The van der Waals surface area contributed by atoms with E-state index >= 15 is 0 Å². The fourth-order valence-corrected chi connectivity index (χ4v) is 1.93. The summed E-state index contributed by atoms with van der Waals surface area (Å²) >= 11 is 11.8. The van der Waals surface area contributed by atoms with Gasteiger partial charge in [-0.15, -0.1) is 0 Å². The molecule has 3 nitrogen and oxygen atoms in total. The van der Waals surface area contributed by atoms with Gasteiger partial charge in [0.15, 0.2) is 0 Å². The third-order valence-corrected chi connectivity index (χ3v) is 3.04. The quantitative estimate of drug-likeness (QED) is 0.782. The molecule has 90 valence electrons. The van der Waals surface area contributed by atoms with Gasteiger partial charge in [0.25, 0.3) is 0 Å². The minimum absolute atomic E-state index is 0.195. The molecule has 0 spiro atoms. The number of benzene rings is 1. The second-order valence-corrected chi connectivity index (χ2v) is 4.29. The predicted molar refractivity (Wildman–Crippen MR) is 71.0 cm³/mol. The van der Waals surface area contributed by atoms with Crippen molar-refractivity contribution in [2.45, 2.75) is 0 Å². The molecule has 2 aromatic rings. The van der Waals surface area contributed by atoms with Crippen LogP contribution in [0.5, 0.6) is 5.75 Å². The lowest BCUT2D eigenvalue weighted by Crippen LogP contribution is -1.88. The molecule has 1 aromatic carbocycles. The van der Waals surface area contributed by atoms with Crippen molar-refractivity contribution in [3.8, 4) is 22.9 Å². The zero-order valence-electron chi connectivity index (χ0n) is 9.45. The molecule has 1 heterocycles. The summed E-state index contributed by atoms with van der Waals surface area (Å²) in [6.45, 7) is 0. The normalized spacial score (nSPS) is 9.89. The minimum Gasteiger partial charge on any atom is -0.495 e. The van der Waals surface area contributed by atoms with Crippen LogP contribution >= 0.6 is 23.2 Å². The molecule has 0 bridgehead atoms. The zero-order valence-corrected chi connectivity index (χ0v) is 11.0. The number of ether oxygens (including phenoxy) is 1. The van der Waals surface area contributed by atoms with E-state index in [1.807, 2.05) is 12.1 Å². The topological polar surface area (TPSA) is 45.9 Å². The number of hydrogen-bond acceptors (Lipinski definition) is 3. The first-order valence-electron chi connectivity index (χ1n) is 5.05. The molecular weight excluding hydrogens is 271 g/mol. The third kappa shape index (κ3) is 2.40. The van der Waals surface area contributed by atoms with E-state index in [9.17, 15) is 0 Å². The summed E-state index contributed by atoms with van der Waals surface area (Å²) in [6, 6.07) is 9.03. The van der Waals surface area contributed by atoms with E-state index in [2.05, 4.69) is 4.98 Å². The highest BCUT2D eigenvalue weighted by molar-refractivity contribution is 6.32. The van der Waals surface area contributed by atoms with Crippen molar-refractivity contribution in [3.63, 3.8) is 0 Å². The molecule has 0 radical (unpaired) electrons. The van der Waals surface area contributed by atoms with Crippen LogP contribution in [0.1, 0.15) is 5.56 Å². The summed E-state index contributed by atoms with van der Waals surface area (Å²) in [5.41, 5.74) is 1.96. The molecule has 0 aliphatic rings. The number of aromatic nitrogens is 1. The van der Waals surface area contributed by atoms with Crippen LogP contribution in [0.2, 0.25) is 10.2 Å². The van der Waals surface area contributed by atoms with Gasteiger partial charge in [0.1, 0.15) is 17.0 Å². The Kier molecular flexibility index (Phi) is 3.71. The Morgan fingerprint density at radius 2 is 2.00 bits per heavy atom. The van der Waals surface area contributed by atoms with Gasteiger partial charge < -0.3 is 4.74 Å². The van der Waals surface area contributed by atoms with E-state index in [1.165, 1.54) is 0 Å². The molecule has 0 aliphatic heterocycles. The van der Waals surface area contributed by atoms with Crippen molar-refractivity contribution < 1.29 is 4.74 Å². The standard InChI is InChI=1S/C13H8Cl2N2O/c1-18-12-3-2-8(5-11(12)14)10-4-9(6-16)13(15)17-7-10/h2-5,7H,1H3. The van der Waals surface area contributed by atoms with Gasteiger partial charge in [-0.2, -0.15) is 5.26 Å². The zero-order chi connectivity index (χ0) is 13.1. The number of nitrogens with zero attached hydrogens (tertiary/aromatic N) is 2. The van der Waals surface area contributed by atoms with Crippen molar-refractivity contribution in [2.75, 3.05) is 7.11 Å². The molecular formula is C13H8Cl2N2O. The molecule has 18 heavy (non-hydrogen) atoms. The lowest BCUT2D eigenvalue weighted by Gasteiger charge is -2.06. The Bertz CT molecular complexity index is 635. The minimum atomic E-state index is 0.195. The van der Waals surface area contributed by atoms with Crippen LogP contribution in [-0.2, 0) is 0 Å². The highest BCUT2D eigenvalue weighted by Gasteiger charge is 2.07. The van der Waals surface area contributed by atoms with Gasteiger partial charge in [-0.25, -0.2) is 4.98 Å². The van der Waals surface area contributed by atoms with Crippen LogP contribution in [0, 0.1) is 11.3 Å². The summed E-state index contributed by atoms with van der Waals surface area (Å²) in [5.74, 6) is 0.600. The lowest BCUT2D eigenvalue weighted by atomic mass is 10.1. The largest absolute Gasteiger partial charge is 0.495 e. The van der Waals surface area contributed by atoms with Crippen LogP contribution < -0.4 is 4.74 Å². The number of rotatable bonds is 2. The van der Waals surface area contributed by atoms with Gasteiger partial charge in [-0.3, -0.25) is 0 Å². The first-order valence-corrected chi connectivity index (χ1v) is 5.81. The number of halogens is 2. The van der Waals surface area contributed by atoms with Gasteiger partial charge in [0, 0.05) is 11.8 Å². The van der Waals surface area contributed by atoms with Gasteiger partial charge in [0.05, 0.1) is 17.7 Å². The van der Waals surface area contributed by atoms with Crippen molar-refractivity contribution in [1.82, 2.24) is 4.98 Å². The Morgan fingerprint density at radius 3 is 2.61 bits per heavy atom. The molecule has 1 aromatic heterocycles. The average Bonchev–Trinajstić information content (AvgIpc) is 2.39. The molecule has 0 N–H and O–H groups in total. The Balaban J connectivity index is 2.49. The first kappa shape index (κ1) is 12.7. The monoisotopic (exact) mass is 278 g/mol. The Morgan fingerprint density at radius 1 is 1.22 bits per heavy atom. The van der Waals surface area contributed by atoms with Gasteiger partial charge >= 0.3 is 0 Å². The second-order valence-electron chi connectivity index (χ2n) is 3.52. The lowest BCUT2D eigenvalue weighted by molar-refractivity contribution is 0.415. The molecule has 2 rings (SSSR count). The summed E-state index contributed by atoms with van der Waals surface area (Å²) in [4.78, 5) is 3.97. The molecule has 0 aliphatic carbocycles. The molecule has 0 saturated carbocycles. The Labute approximate surface area is 115 Å². The number of pyridine rings is 1. The molecule has 0 amide bonds. The van der Waals surface area contributed by atoms with E-state index < -0.39 is 0 Å². The number of methoxy groups -OCH3 is 1. The summed E-state index contributed by atoms with van der Waals surface area (Å²) < 4.78 is 5.08.